The van der Waals surface area contributed by atoms with Crippen LogP contribution in [0.15, 0.2) is 33.7 Å². The minimum absolute atomic E-state index is 0.161. The smallest absolute Gasteiger partial charge is 0.339 e. The fraction of sp³-hybridized carbons (Fsp3) is 0.429. The quantitative estimate of drug-likeness (QED) is 0.521. The number of carbonyl (C=O) groups excluding carboxylic acids is 2. The van der Waals surface area contributed by atoms with Crippen molar-refractivity contribution < 1.29 is 18.8 Å². The Balaban J connectivity index is 1.59. The molecule has 8 heteroatoms. The van der Waals surface area contributed by atoms with Gasteiger partial charge in [0, 0.05) is 16.2 Å². The van der Waals surface area contributed by atoms with Gasteiger partial charge in [-0.3, -0.25) is 4.79 Å². The summed E-state index contributed by atoms with van der Waals surface area (Å²) in [7, 11) is 0. The minimum atomic E-state index is -0.911. The lowest BCUT2D eigenvalue weighted by Crippen LogP contribution is -2.48. The Morgan fingerprint density at radius 1 is 1.38 bits per heavy atom. The van der Waals surface area contributed by atoms with Gasteiger partial charge in [0.2, 0.25) is 0 Å². The highest BCUT2D eigenvalue weighted by molar-refractivity contribution is 7.98. The van der Waals surface area contributed by atoms with Crippen LogP contribution in [0.4, 0.5) is 0 Å². The number of benzene rings is 1. The molecule has 3 rings (SSSR count). The molecule has 29 heavy (non-hydrogen) atoms. The topological polar surface area (TPSA) is 105 Å². The molecule has 1 saturated carbocycles. The molecule has 1 heterocycles. The lowest BCUT2D eigenvalue weighted by molar-refractivity contribution is -0.125. The second-order valence-electron chi connectivity index (χ2n) is 7.30. The molecule has 0 aliphatic heterocycles. The molecule has 1 amide bonds. The van der Waals surface area contributed by atoms with E-state index < -0.39 is 24.0 Å². The van der Waals surface area contributed by atoms with Gasteiger partial charge in [0.25, 0.3) is 5.91 Å². The van der Waals surface area contributed by atoms with E-state index in [4.69, 9.17) is 9.26 Å². The second-order valence-corrected chi connectivity index (χ2v) is 8.32. The van der Waals surface area contributed by atoms with Gasteiger partial charge in [0.15, 0.2) is 6.61 Å². The van der Waals surface area contributed by atoms with Crippen LogP contribution in [-0.4, -0.2) is 29.2 Å². The number of aromatic nitrogens is 1. The predicted molar refractivity (Wildman–Crippen MR) is 107 cm³/mol. The molecule has 1 aromatic heterocycles. The number of ether oxygens (including phenoxy) is 1. The van der Waals surface area contributed by atoms with Crippen LogP contribution in [0, 0.1) is 31.1 Å². The van der Waals surface area contributed by atoms with Crippen LogP contribution in [0.3, 0.4) is 0 Å². The Morgan fingerprint density at radius 3 is 2.72 bits per heavy atom. The van der Waals surface area contributed by atoms with E-state index in [1.165, 1.54) is 11.8 Å². The van der Waals surface area contributed by atoms with Crippen molar-refractivity contribution in [1.82, 2.24) is 10.5 Å². The molecule has 0 bridgehead atoms. The third kappa shape index (κ3) is 4.98. The molecule has 1 aromatic carbocycles. The highest BCUT2D eigenvalue weighted by atomic mass is 32.2. The molecule has 1 aliphatic rings. The van der Waals surface area contributed by atoms with Crippen LogP contribution in [0.5, 0.6) is 0 Å². The summed E-state index contributed by atoms with van der Waals surface area (Å²) in [5.74, 6) is 0.465. The van der Waals surface area contributed by atoms with Gasteiger partial charge < -0.3 is 14.6 Å². The Labute approximate surface area is 173 Å². The standard InChI is InChI=1S/C21H23N3O4S/c1-13-17(14(2)28-24-13)11-29-18-7-5-4-6-16(18)20(26)27-10-19(25)23-21(3,12-22)15-8-9-15/h4-7,15H,8-11H2,1-3H3,(H,23,25)/t21-/m1/s1. The first-order chi connectivity index (χ1) is 13.8. The maximum atomic E-state index is 12.5. The van der Waals surface area contributed by atoms with E-state index in [0.29, 0.717) is 11.3 Å². The largest absolute Gasteiger partial charge is 0.452 e. The normalized spacial score (nSPS) is 15.2. The average Bonchev–Trinajstić information content (AvgIpc) is 3.52. The molecular formula is C21H23N3O4S. The summed E-state index contributed by atoms with van der Waals surface area (Å²) >= 11 is 1.48. The number of nitrogens with zero attached hydrogens (tertiary/aromatic N) is 2. The first-order valence-corrected chi connectivity index (χ1v) is 10.4. The van der Waals surface area contributed by atoms with E-state index in [-0.39, 0.29) is 5.92 Å². The highest BCUT2D eigenvalue weighted by Crippen LogP contribution is 2.39. The van der Waals surface area contributed by atoms with Crippen molar-refractivity contribution in [3.63, 3.8) is 0 Å². The van der Waals surface area contributed by atoms with Crippen molar-refractivity contribution in [2.24, 2.45) is 5.92 Å². The van der Waals surface area contributed by atoms with E-state index in [1.54, 1.807) is 19.1 Å². The Morgan fingerprint density at radius 2 is 2.10 bits per heavy atom. The van der Waals surface area contributed by atoms with Crippen LogP contribution >= 0.6 is 11.8 Å². The first kappa shape index (κ1) is 20.9. The molecule has 2 aromatic rings. The van der Waals surface area contributed by atoms with E-state index in [0.717, 1.165) is 34.8 Å². The monoisotopic (exact) mass is 413 g/mol. The summed E-state index contributed by atoms with van der Waals surface area (Å²) in [5.41, 5.74) is 1.30. The summed E-state index contributed by atoms with van der Waals surface area (Å²) < 4.78 is 10.4. The Kier molecular flexibility index (Phi) is 6.28. The van der Waals surface area contributed by atoms with Gasteiger partial charge in [-0.25, -0.2) is 4.79 Å². The Hall–Kier alpha value is -2.79. The van der Waals surface area contributed by atoms with Crippen molar-refractivity contribution in [2.75, 3.05) is 6.61 Å². The number of aryl methyl sites for hydroxylation is 2. The maximum Gasteiger partial charge on any atom is 0.339 e. The highest BCUT2D eigenvalue weighted by Gasteiger charge is 2.43. The number of amides is 1. The van der Waals surface area contributed by atoms with Crippen molar-refractivity contribution in [3.05, 3.63) is 46.8 Å². The van der Waals surface area contributed by atoms with E-state index in [9.17, 15) is 14.9 Å². The lowest BCUT2D eigenvalue weighted by atomic mass is 9.98. The number of esters is 1. The van der Waals surface area contributed by atoms with Crippen molar-refractivity contribution in [2.45, 2.75) is 49.8 Å². The third-order valence-electron chi connectivity index (χ3n) is 5.02. The van der Waals surface area contributed by atoms with E-state index in [2.05, 4.69) is 16.5 Å². The zero-order valence-electron chi connectivity index (χ0n) is 16.7. The molecule has 1 aliphatic carbocycles. The fourth-order valence-corrected chi connectivity index (χ4v) is 4.23. The molecule has 0 unspecified atom stereocenters. The van der Waals surface area contributed by atoms with Gasteiger partial charge in [0.1, 0.15) is 11.3 Å². The van der Waals surface area contributed by atoms with Gasteiger partial charge in [-0.2, -0.15) is 5.26 Å². The number of thioether (sulfide) groups is 1. The van der Waals surface area contributed by atoms with Gasteiger partial charge in [0.05, 0.1) is 17.3 Å². The van der Waals surface area contributed by atoms with E-state index in [1.807, 2.05) is 26.0 Å². The lowest BCUT2D eigenvalue weighted by Gasteiger charge is -2.22. The molecule has 1 N–H and O–H groups in total. The van der Waals surface area contributed by atoms with Crippen LogP contribution in [0.25, 0.3) is 0 Å². The van der Waals surface area contributed by atoms with Crippen molar-refractivity contribution >= 4 is 23.6 Å². The summed E-state index contributed by atoms with van der Waals surface area (Å²) in [6.07, 6.45) is 1.83. The average molecular weight is 413 g/mol. The van der Waals surface area contributed by atoms with Crippen LogP contribution in [-0.2, 0) is 15.3 Å². The first-order valence-electron chi connectivity index (χ1n) is 9.37. The zero-order valence-corrected chi connectivity index (χ0v) is 17.5. The number of carbonyl (C=O) groups is 2. The molecule has 1 atom stereocenters. The molecule has 7 nitrogen and oxygen atoms in total. The molecule has 152 valence electrons. The minimum Gasteiger partial charge on any atom is -0.452 e. The summed E-state index contributed by atoms with van der Waals surface area (Å²) in [4.78, 5) is 25.4. The number of rotatable bonds is 8. The second kappa shape index (κ2) is 8.70. The van der Waals surface area contributed by atoms with Crippen molar-refractivity contribution in [3.8, 4) is 6.07 Å². The predicted octanol–water partition coefficient (Wildman–Crippen LogP) is 3.55. The molecular weight excluding hydrogens is 390 g/mol. The number of hydrogen-bond donors (Lipinski definition) is 1. The molecule has 1 fully saturated rings. The van der Waals surface area contributed by atoms with Crippen LogP contribution in [0.1, 0.15) is 47.1 Å². The van der Waals surface area contributed by atoms with Gasteiger partial charge in [-0.1, -0.05) is 17.3 Å². The zero-order chi connectivity index (χ0) is 21.0. The van der Waals surface area contributed by atoms with Gasteiger partial charge >= 0.3 is 5.97 Å². The fourth-order valence-electron chi connectivity index (χ4n) is 3.04. The molecule has 0 radical (unpaired) electrons. The van der Waals surface area contributed by atoms with Gasteiger partial charge in [-0.05, 0) is 51.7 Å². The van der Waals surface area contributed by atoms with Crippen molar-refractivity contribution in [1.29, 1.82) is 5.26 Å². The maximum absolute atomic E-state index is 12.5. The Bertz CT molecular complexity index is 942. The number of hydrogen-bond acceptors (Lipinski definition) is 7. The van der Waals surface area contributed by atoms with Crippen LogP contribution in [0.2, 0.25) is 0 Å². The van der Waals surface area contributed by atoms with Crippen LogP contribution < -0.4 is 5.32 Å². The number of nitriles is 1. The summed E-state index contributed by atoms with van der Waals surface area (Å²) in [5, 5.41) is 15.9. The van der Waals surface area contributed by atoms with E-state index >= 15 is 0 Å². The number of nitrogens with one attached hydrogen (secondary N) is 1. The molecule has 0 saturated heterocycles. The summed E-state index contributed by atoms with van der Waals surface area (Å²) in [6, 6.07) is 9.24. The SMILES string of the molecule is Cc1noc(C)c1CSc1ccccc1C(=O)OCC(=O)N[C@](C)(C#N)C1CC1. The third-order valence-corrected chi connectivity index (χ3v) is 6.12. The van der Waals surface area contributed by atoms with Gasteiger partial charge in [-0.15, -0.1) is 11.8 Å². The molecule has 0 spiro atoms. The summed E-state index contributed by atoms with van der Waals surface area (Å²) in [6.45, 7) is 5.00.